The van der Waals surface area contributed by atoms with Crippen molar-refractivity contribution in [1.82, 2.24) is 15.2 Å². The van der Waals surface area contributed by atoms with Crippen molar-refractivity contribution >= 4 is 15.9 Å². The molecule has 0 spiro atoms. The van der Waals surface area contributed by atoms with Crippen molar-refractivity contribution in [1.29, 1.82) is 0 Å². The van der Waals surface area contributed by atoms with Crippen molar-refractivity contribution in [3.05, 3.63) is 16.4 Å². The fraction of sp³-hybridized carbons (Fsp3) is 0.769. The summed E-state index contributed by atoms with van der Waals surface area (Å²) in [5, 5.41) is 4.24. The summed E-state index contributed by atoms with van der Waals surface area (Å²) in [6, 6.07) is 0.129. The first kappa shape index (κ1) is 15.7. The average molecular weight is 317 g/mol. The normalized spacial score (nSPS) is 15.7. The van der Waals surface area contributed by atoms with Gasteiger partial charge >= 0.3 is 0 Å². The zero-order valence-corrected chi connectivity index (χ0v) is 13.6. The van der Waals surface area contributed by atoms with Crippen LogP contribution in [0.4, 0.5) is 0 Å². The van der Waals surface area contributed by atoms with Crippen LogP contribution in [0.1, 0.15) is 52.3 Å². The molecule has 3 N–H and O–H groups in total. The molecule has 0 saturated carbocycles. The second-order valence-corrected chi connectivity index (χ2v) is 7.18. The van der Waals surface area contributed by atoms with E-state index in [1.165, 1.54) is 6.42 Å². The number of rotatable bonds is 5. The van der Waals surface area contributed by atoms with E-state index in [4.69, 9.17) is 5.84 Å². The Morgan fingerprint density at radius 2 is 2.11 bits per heavy atom. The summed E-state index contributed by atoms with van der Waals surface area (Å²) in [5.74, 6) is 6.31. The molecule has 0 fully saturated rings. The minimum atomic E-state index is 0.129. The Labute approximate surface area is 118 Å². The lowest BCUT2D eigenvalue weighted by molar-refractivity contribution is 0.273. The topological polar surface area (TPSA) is 55.9 Å². The third-order valence-corrected chi connectivity index (χ3v) is 3.68. The third-order valence-electron chi connectivity index (χ3n) is 3.07. The van der Waals surface area contributed by atoms with E-state index in [1.54, 1.807) is 0 Å². The highest BCUT2D eigenvalue weighted by Gasteiger charge is 2.23. The number of nitrogens with one attached hydrogen (secondary N) is 1. The lowest BCUT2D eigenvalue weighted by Gasteiger charge is -2.26. The molecule has 5 heteroatoms. The van der Waals surface area contributed by atoms with Crippen LogP contribution in [0.25, 0.3) is 0 Å². The fourth-order valence-corrected chi connectivity index (χ4v) is 3.23. The fourth-order valence-electron chi connectivity index (χ4n) is 2.60. The van der Waals surface area contributed by atoms with Crippen molar-refractivity contribution < 1.29 is 0 Å². The minimum Gasteiger partial charge on any atom is -0.271 e. The van der Waals surface area contributed by atoms with Crippen molar-refractivity contribution in [3.63, 3.8) is 0 Å². The predicted molar refractivity (Wildman–Crippen MR) is 78.8 cm³/mol. The number of nitrogens with zero attached hydrogens (tertiary/aromatic N) is 2. The van der Waals surface area contributed by atoms with Gasteiger partial charge < -0.3 is 0 Å². The van der Waals surface area contributed by atoms with E-state index in [0.717, 1.165) is 16.6 Å². The van der Waals surface area contributed by atoms with Crippen LogP contribution in [0.5, 0.6) is 0 Å². The molecule has 0 aliphatic rings. The highest BCUT2D eigenvalue weighted by atomic mass is 79.9. The monoisotopic (exact) mass is 316 g/mol. The predicted octanol–water partition coefficient (Wildman–Crippen LogP) is 3.15. The summed E-state index contributed by atoms with van der Waals surface area (Å²) < 4.78 is 2.88. The number of hydrazine groups is 1. The van der Waals surface area contributed by atoms with Gasteiger partial charge in [0.15, 0.2) is 0 Å². The molecular formula is C13H25BrN4. The zero-order valence-electron chi connectivity index (χ0n) is 12.0. The van der Waals surface area contributed by atoms with Crippen LogP contribution in [0, 0.1) is 11.3 Å². The molecule has 0 amide bonds. The van der Waals surface area contributed by atoms with Crippen molar-refractivity contribution in [2.45, 2.75) is 46.6 Å². The van der Waals surface area contributed by atoms with Gasteiger partial charge in [-0.3, -0.25) is 16.0 Å². The summed E-state index contributed by atoms with van der Waals surface area (Å²) in [7, 11) is 1.94. The molecule has 2 atom stereocenters. The summed E-state index contributed by atoms with van der Waals surface area (Å²) in [6.45, 7) is 9.09. The van der Waals surface area contributed by atoms with Crippen molar-refractivity contribution in [2.75, 3.05) is 0 Å². The number of aryl methyl sites for hydroxylation is 1. The second-order valence-electron chi connectivity index (χ2n) is 6.33. The third kappa shape index (κ3) is 4.37. The smallest absolute Gasteiger partial charge is 0.0705 e. The van der Waals surface area contributed by atoms with Crippen LogP contribution < -0.4 is 11.3 Å². The SMILES string of the molecule is CC(CC(NN)c1c(Br)cnn1C)CC(C)(C)C. The van der Waals surface area contributed by atoms with Crippen LogP contribution in [0.2, 0.25) is 0 Å². The lowest BCUT2D eigenvalue weighted by atomic mass is 9.82. The van der Waals surface area contributed by atoms with E-state index in [2.05, 4.69) is 54.1 Å². The van der Waals surface area contributed by atoms with Crippen LogP contribution in [0.3, 0.4) is 0 Å². The molecule has 0 aromatic carbocycles. The Morgan fingerprint density at radius 3 is 2.50 bits per heavy atom. The number of hydrogen-bond donors (Lipinski definition) is 2. The van der Waals surface area contributed by atoms with Gasteiger partial charge in [-0.1, -0.05) is 27.7 Å². The van der Waals surface area contributed by atoms with Gasteiger partial charge in [0, 0.05) is 7.05 Å². The molecule has 1 aromatic heterocycles. The molecule has 0 aliphatic carbocycles. The Balaban J connectivity index is 2.74. The molecule has 0 saturated heterocycles. The van der Waals surface area contributed by atoms with Gasteiger partial charge in [0.05, 0.1) is 22.4 Å². The van der Waals surface area contributed by atoms with Crippen LogP contribution in [0.15, 0.2) is 10.7 Å². The van der Waals surface area contributed by atoms with Gasteiger partial charge in [0.1, 0.15) is 0 Å². The molecule has 1 aromatic rings. The van der Waals surface area contributed by atoms with E-state index in [-0.39, 0.29) is 6.04 Å². The van der Waals surface area contributed by atoms with Gasteiger partial charge in [-0.05, 0) is 40.1 Å². The maximum Gasteiger partial charge on any atom is 0.0705 e. The number of nitrogens with two attached hydrogens (primary N) is 1. The van der Waals surface area contributed by atoms with E-state index in [9.17, 15) is 0 Å². The van der Waals surface area contributed by atoms with E-state index >= 15 is 0 Å². The summed E-state index contributed by atoms with van der Waals surface area (Å²) in [6.07, 6.45) is 4.00. The van der Waals surface area contributed by atoms with Gasteiger partial charge in [-0.15, -0.1) is 0 Å². The summed E-state index contributed by atoms with van der Waals surface area (Å²) in [5.41, 5.74) is 4.37. The van der Waals surface area contributed by atoms with Crippen LogP contribution in [-0.4, -0.2) is 9.78 Å². The Kier molecular flexibility index (Phi) is 5.37. The molecule has 18 heavy (non-hydrogen) atoms. The molecule has 0 aliphatic heterocycles. The van der Waals surface area contributed by atoms with Crippen molar-refractivity contribution in [2.24, 2.45) is 24.2 Å². The second kappa shape index (κ2) is 6.17. The maximum absolute atomic E-state index is 5.70. The first-order chi connectivity index (χ1) is 8.24. The number of hydrogen-bond acceptors (Lipinski definition) is 3. The molecule has 1 heterocycles. The molecule has 104 valence electrons. The van der Waals surface area contributed by atoms with E-state index in [1.807, 2.05) is 17.9 Å². The standard InChI is InChI=1S/C13H25BrN4/c1-9(7-13(2,3)4)6-11(17-15)12-10(14)8-16-18(12)5/h8-9,11,17H,6-7,15H2,1-5H3. The van der Waals surface area contributed by atoms with Crippen molar-refractivity contribution in [3.8, 4) is 0 Å². The first-order valence-electron chi connectivity index (χ1n) is 6.38. The molecule has 0 bridgehead atoms. The van der Waals surface area contributed by atoms with Crippen LogP contribution >= 0.6 is 15.9 Å². The molecule has 4 nitrogen and oxygen atoms in total. The Morgan fingerprint density at radius 1 is 1.50 bits per heavy atom. The van der Waals surface area contributed by atoms with Gasteiger partial charge in [-0.25, -0.2) is 0 Å². The molecule has 0 radical (unpaired) electrons. The average Bonchev–Trinajstić information content (AvgIpc) is 2.53. The van der Waals surface area contributed by atoms with Gasteiger partial charge in [-0.2, -0.15) is 5.10 Å². The van der Waals surface area contributed by atoms with Gasteiger partial charge in [0.2, 0.25) is 0 Å². The molecule has 1 rings (SSSR count). The number of aromatic nitrogens is 2. The summed E-state index contributed by atoms with van der Waals surface area (Å²) in [4.78, 5) is 0. The van der Waals surface area contributed by atoms with E-state index in [0.29, 0.717) is 11.3 Å². The maximum atomic E-state index is 5.70. The first-order valence-corrected chi connectivity index (χ1v) is 7.17. The Hall–Kier alpha value is -0.390. The highest BCUT2D eigenvalue weighted by molar-refractivity contribution is 9.10. The zero-order chi connectivity index (χ0) is 13.9. The quantitative estimate of drug-likeness (QED) is 0.648. The Bertz CT molecular complexity index is 361. The largest absolute Gasteiger partial charge is 0.271 e. The molecule has 2 unspecified atom stereocenters. The highest BCUT2D eigenvalue weighted by Crippen LogP contribution is 2.32. The van der Waals surface area contributed by atoms with Gasteiger partial charge in [0.25, 0.3) is 0 Å². The van der Waals surface area contributed by atoms with E-state index < -0.39 is 0 Å². The lowest BCUT2D eigenvalue weighted by Crippen LogP contribution is -2.31. The molecular weight excluding hydrogens is 292 g/mol. The van der Waals surface area contributed by atoms with Crippen LogP contribution in [-0.2, 0) is 7.05 Å². The number of halogens is 1. The minimum absolute atomic E-state index is 0.129. The summed E-state index contributed by atoms with van der Waals surface area (Å²) >= 11 is 3.53.